The van der Waals surface area contributed by atoms with Gasteiger partial charge >= 0.3 is 6.18 Å². The SMILES string of the molecule is COc1ccc(C(F)(F)F)cc1CCC(N)=S. The maximum absolute atomic E-state index is 12.5. The zero-order valence-electron chi connectivity index (χ0n) is 9.17. The van der Waals surface area contributed by atoms with E-state index in [1.807, 2.05) is 0 Å². The molecule has 0 saturated carbocycles. The molecular weight excluding hydrogens is 251 g/mol. The molecule has 1 rings (SSSR count). The van der Waals surface area contributed by atoms with E-state index in [0.717, 1.165) is 12.1 Å². The molecule has 0 radical (unpaired) electrons. The van der Waals surface area contributed by atoms with Crippen molar-refractivity contribution in [2.24, 2.45) is 5.73 Å². The van der Waals surface area contributed by atoms with Crippen molar-refractivity contribution in [3.05, 3.63) is 29.3 Å². The highest BCUT2D eigenvalue weighted by molar-refractivity contribution is 7.80. The largest absolute Gasteiger partial charge is 0.496 e. The average Bonchev–Trinajstić information content (AvgIpc) is 2.24. The molecule has 0 aliphatic carbocycles. The summed E-state index contributed by atoms with van der Waals surface area (Å²) in [6.07, 6.45) is -3.67. The third kappa shape index (κ3) is 3.89. The lowest BCUT2D eigenvalue weighted by atomic mass is 10.0. The van der Waals surface area contributed by atoms with Crippen molar-refractivity contribution in [3.8, 4) is 5.75 Å². The smallest absolute Gasteiger partial charge is 0.416 e. The topological polar surface area (TPSA) is 35.2 Å². The lowest BCUT2D eigenvalue weighted by Gasteiger charge is -2.12. The van der Waals surface area contributed by atoms with Crippen molar-refractivity contribution in [2.75, 3.05) is 7.11 Å². The minimum absolute atomic E-state index is 0.268. The molecule has 1 aromatic rings. The fourth-order valence-electron chi connectivity index (χ4n) is 1.41. The van der Waals surface area contributed by atoms with Gasteiger partial charge in [-0.3, -0.25) is 0 Å². The van der Waals surface area contributed by atoms with Crippen molar-refractivity contribution in [3.63, 3.8) is 0 Å². The van der Waals surface area contributed by atoms with Crippen LogP contribution in [0.2, 0.25) is 0 Å². The fraction of sp³-hybridized carbons (Fsp3) is 0.364. The van der Waals surface area contributed by atoms with Crippen molar-refractivity contribution in [2.45, 2.75) is 19.0 Å². The van der Waals surface area contributed by atoms with Crippen LogP contribution in [0, 0.1) is 0 Å². The van der Waals surface area contributed by atoms with Crippen LogP contribution in [-0.2, 0) is 12.6 Å². The molecule has 0 heterocycles. The van der Waals surface area contributed by atoms with Crippen molar-refractivity contribution in [1.82, 2.24) is 0 Å². The normalized spacial score (nSPS) is 11.3. The second kappa shape index (κ2) is 5.35. The Kier molecular flexibility index (Phi) is 4.34. The Morgan fingerprint density at radius 1 is 1.41 bits per heavy atom. The molecule has 94 valence electrons. The summed E-state index contributed by atoms with van der Waals surface area (Å²) in [5, 5.41) is 0. The first-order valence-electron chi connectivity index (χ1n) is 4.87. The van der Waals surface area contributed by atoms with Crippen molar-refractivity contribution in [1.29, 1.82) is 0 Å². The van der Waals surface area contributed by atoms with Crippen LogP contribution in [0.1, 0.15) is 17.5 Å². The standard InChI is InChI=1S/C11H12F3NOS/c1-16-9-4-3-8(11(12,13)14)6-7(9)2-5-10(15)17/h3-4,6H,2,5H2,1H3,(H2,15,17). The number of hydrogen-bond donors (Lipinski definition) is 1. The Morgan fingerprint density at radius 3 is 2.53 bits per heavy atom. The number of hydrogen-bond acceptors (Lipinski definition) is 2. The molecule has 1 aromatic carbocycles. The Bertz CT molecular complexity index is 418. The maximum atomic E-state index is 12.5. The summed E-state index contributed by atoms with van der Waals surface area (Å²) < 4.78 is 42.5. The van der Waals surface area contributed by atoms with Gasteiger partial charge in [0.1, 0.15) is 5.75 Å². The van der Waals surface area contributed by atoms with E-state index in [9.17, 15) is 13.2 Å². The van der Waals surface area contributed by atoms with Crippen molar-refractivity contribution < 1.29 is 17.9 Å². The third-order valence-electron chi connectivity index (χ3n) is 2.25. The maximum Gasteiger partial charge on any atom is 0.416 e. The summed E-state index contributed by atoms with van der Waals surface area (Å²) in [4.78, 5) is 0.268. The van der Waals surface area contributed by atoms with E-state index in [-0.39, 0.29) is 4.99 Å². The number of methoxy groups -OCH3 is 1. The molecule has 6 heteroatoms. The quantitative estimate of drug-likeness (QED) is 0.848. The molecule has 0 unspecified atom stereocenters. The lowest BCUT2D eigenvalue weighted by molar-refractivity contribution is -0.137. The van der Waals surface area contributed by atoms with Gasteiger partial charge in [0.05, 0.1) is 17.7 Å². The highest BCUT2D eigenvalue weighted by atomic mass is 32.1. The molecule has 0 saturated heterocycles. The molecule has 17 heavy (non-hydrogen) atoms. The van der Waals surface area contributed by atoms with Gasteiger partial charge in [0.15, 0.2) is 0 Å². The number of ether oxygens (including phenoxy) is 1. The van der Waals surface area contributed by atoms with Crippen LogP contribution in [-0.4, -0.2) is 12.1 Å². The molecule has 0 amide bonds. The second-order valence-corrected chi connectivity index (χ2v) is 4.02. The van der Waals surface area contributed by atoms with E-state index >= 15 is 0 Å². The minimum atomic E-state index is -4.36. The highest BCUT2D eigenvalue weighted by Crippen LogP contribution is 2.32. The number of halogens is 3. The molecule has 0 aliphatic rings. The van der Waals surface area contributed by atoms with Gasteiger partial charge in [0.25, 0.3) is 0 Å². The number of alkyl halides is 3. The minimum Gasteiger partial charge on any atom is -0.496 e. The molecule has 0 fully saturated rings. The van der Waals surface area contributed by atoms with E-state index in [1.54, 1.807) is 0 Å². The molecule has 0 aromatic heterocycles. The Morgan fingerprint density at radius 2 is 2.06 bits per heavy atom. The second-order valence-electron chi connectivity index (χ2n) is 3.49. The summed E-state index contributed by atoms with van der Waals surface area (Å²) in [6, 6.07) is 3.36. The summed E-state index contributed by atoms with van der Waals surface area (Å²) >= 11 is 4.70. The molecule has 0 atom stereocenters. The van der Waals surface area contributed by atoms with Crippen LogP contribution >= 0.6 is 12.2 Å². The van der Waals surface area contributed by atoms with Gasteiger partial charge < -0.3 is 10.5 Å². The van der Waals surface area contributed by atoms with Gasteiger partial charge in [-0.2, -0.15) is 13.2 Å². The molecular formula is C11H12F3NOS. The van der Waals surface area contributed by atoms with E-state index < -0.39 is 11.7 Å². The van der Waals surface area contributed by atoms with E-state index in [0.29, 0.717) is 24.2 Å². The summed E-state index contributed by atoms with van der Waals surface area (Å²) in [7, 11) is 1.41. The Hall–Kier alpha value is -1.30. The van der Waals surface area contributed by atoms with Gasteiger partial charge in [-0.1, -0.05) is 12.2 Å². The third-order valence-corrected chi connectivity index (χ3v) is 2.45. The van der Waals surface area contributed by atoms with Crippen LogP contribution in [0.25, 0.3) is 0 Å². The molecule has 0 bridgehead atoms. The van der Waals surface area contributed by atoms with E-state index in [4.69, 9.17) is 22.7 Å². The number of aryl methyl sites for hydroxylation is 1. The monoisotopic (exact) mass is 263 g/mol. The van der Waals surface area contributed by atoms with Crippen molar-refractivity contribution >= 4 is 17.2 Å². The summed E-state index contributed by atoms with van der Waals surface area (Å²) in [6.45, 7) is 0. The van der Waals surface area contributed by atoms with Crippen LogP contribution < -0.4 is 10.5 Å². The number of rotatable bonds is 4. The average molecular weight is 263 g/mol. The molecule has 0 spiro atoms. The number of benzene rings is 1. The van der Waals surface area contributed by atoms with Crippen LogP contribution in [0.3, 0.4) is 0 Å². The van der Waals surface area contributed by atoms with Gasteiger partial charge in [0.2, 0.25) is 0 Å². The zero-order chi connectivity index (χ0) is 13.1. The van der Waals surface area contributed by atoms with Crippen LogP contribution in [0.5, 0.6) is 5.75 Å². The fourth-order valence-corrected chi connectivity index (χ4v) is 1.51. The predicted octanol–water partition coefficient (Wildman–Crippen LogP) is 2.93. The van der Waals surface area contributed by atoms with Crippen LogP contribution in [0.4, 0.5) is 13.2 Å². The van der Waals surface area contributed by atoms with Gasteiger partial charge in [-0.15, -0.1) is 0 Å². The van der Waals surface area contributed by atoms with Gasteiger partial charge in [0, 0.05) is 6.42 Å². The van der Waals surface area contributed by atoms with E-state index in [1.165, 1.54) is 13.2 Å². The summed E-state index contributed by atoms with van der Waals surface area (Å²) in [5.74, 6) is 0.411. The van der Waals surface area contributed by atoms with E-state index in [2.05, 4.69) is 0 Å². The zero-order valence-corrected chi connectivity index (χ0v) is 9.99. The van der Waals surface area contributed by atoms with Crippen LogP contribution in [0.15, 0.2) is 18.2 Å². The van der Waals surface area contributed by atoms with Gasteiger partial charge in [-0.25, -0.2) is 0 Å². The number of thiocarbonyl (C=S) groups is 1. The highest BCUT2D eigenvalue weighted by Gasteiger charge is 2.31. The Balaban J connectivity index is 3.02. The molecule has 0 aliphatic heterocycles. The first-order chi connectivity index (χ1) is 7.84. The lowest BCUT2D eigenvalue weighted by Crippen LogP contribution is -2.10. The first kappa shape index (κ1) is 13.8. The van der Waals surface area contributed by atoms with Gasteiger partial charge in [-0.05, 0) is 30.2 Å². The first-order valence-corrected chi connectivity index (χ1v) is 5.28. The number of nitrogens with two attached hydrogens (primary N) is 1. The Labute approximate surface area is 103 Å². The molecule has 2 N–H and O–H groups in total. The molecule has 2 nitrogen and oxygen atoms in total. The summed E-state index contributed by atoms with van der Waals surface area (Å²) in [5.41, 5.74) is 5.08. The predicted molar refractivity (Wildman–Crippen MR) is 63.1 cm³/mol.